The Morgan fingerprint density at radius 2 is 1.71 bits per heavy atom. The van der Waals surface area contributed by atoms with Crippen LogP contribution >= 0.6 is 11.5 Å². The molecule has 1 saturated carbocycles. The molecule has 2 aromatic carbocycles. The van der Waals surface area contributed by atoms with Gasteiger partial charge >= 0.3 is 12.1 Å². The maximum Gasteiger partial charge on any atom is 0.407 e. The summed E-state index contributed by atoms with van der Waals surface area (Å²) in [5, 5.41) is 14.9. The molecule has 1 unspecified atom stereocenters. The number of carbonyl (C=O) groups is 3. The van der Waals surface area contributed by atoms with E-state index in [9.17, 15) is 19.5 Å². The average Bonchev–Trinajstić information content (AvgIpc) is 3.53. The number of rotatable bonds is 7. The second-order valence-electron chi connectivity index (χ2n) is 8.55. The maximum absolute atomic E-state index is 12.9. The molecule has 1 aromatic heterocycles. The fourth-order valence-electron chi connectivity index (χ4n) is 4.49. The second-order valence-corrected chi connectivity index (χ2v) is 9.32. The summed E-state index contributed by atoms with van der Waals surface area (Å²) < 4.78 is 9.60. The van der Waals surface area contributed by atoms with Crippen molar-refractivity contribution in [3.8, 4) is 11.1 Å². The molecule has 5 rings (SSSR count). The highest BCUT2D eigenvalue weighted by atomic mass is 32.1. The second kappa shape index (κ2) is 8.90. The predicted molar refractivity (Wildman–Crippen MR) is 127 cm³/mol. The summed E-state index contributed by atoms with van der Waals surface area (Å²) in [7, 11) is 0. The number of carboxylic acid groups (broad SMARTS) is 1. The highest BCUT2D eigenvalue weighted by Gasteiger charge is 2.39. The molecule has 0 radical (unpaired) electrons. The van der Waals surface area contributed by atoms with Gasteiger partial charge in [0.25, 0.3) is 0 Å². The Morgan fingerprint density at radius 3 is 2.29 bits per heavy atom. The zero-order valence-electron chi connectivity index (χ0n) is 18.4. The van der Waals surface area contributed by atoms with Gasteiger partial charge in [-0.15, -0.1) is 0 Å². The van der Waals surface area contributed by atoms with Crippen molar-refractivity contribution in [2.24, 2.45) is 5.92 Å². The summed E-state index contributed by atoms with van der Waals surface area (Å²) >= 11 is 0.909. The number of anilines is 1. The van der Waals surface area contributed by atoms with Crippen LogP contribution in [0.5, 0.6) is 0 Å². The molecule has 0 saturated heterocycles. The van der Waals surface area contributed by atoms with E-state index in [1.165, 1.54) is 0 Å². The van der Waals surface area contributed by atoms with Gasteiger partial charge < -0.3 is 20.5 Å². The monoisotopic (exact) mass is 477 g/mol. The minimum Gasteiger partial charge on any atom is -0.478 e. The van der Waals surface area contributed by atoms with Gasteiger partial charge in [-0.3, -0.25) is 4.79 Å². The Morgan fingerprint density at radius 1 is 1.09 bits per heavy atom. The molecule has 2 amide bonds. The first-order valence-electron chi connectivity index (χ1n) is 11.1. The number of amides is 2. The summed E-state index contributed by atoms with van der Waals surface area (Å²) in [6, 6.07) is 15.3. The molecule has 3 aromatic rings. The van der Waals surface area contributed by atoms with E-state index >= 15 is 0 Å². The Balaban J connectivity index is 1.26. The molecule has 0 spiro atoms. The fraction of sp³-hybridized carbons (Fsp3) is 0.280. The third-order valence-electron chi connectivity index (χ3n) is 6.31. The molecule has 34 heavy (non-hydrogen) atoms. The van der Waals surface area contributed by atoms with Crippen LogP contribution in [0.2, 0.25) is 0 Å². The lowest BCUT2D eigenvalue weighted by Crippen LogP contribution is -2.45. The van der Waals surface area contributed by atoms with Crippen molar-refractivity contribution in [1.29, 1.82) is 0 Å². The van der Waals surface area contributed by atoms with Crippen molar-refractivity contribution in [2.75, 3.05) is 11.9 Å². The zero-order valence-corrected chi connectivity index (χ0v) is 19.2. The van der Waals surface area contributed by atoms with Gasteiger partial charge in [0.05, 0.1) is 5.69 Å². The summed E-state index contributed by atoms with van der Waals surface area (Å²) in [6.07, 6.45) is 0.928. The average molecular weight is 478 g/mol. The van der Waals surface area contributed by atoms with Gasteiger partial charge in [-0.2, -0.15) is 4.37 Å². The third-order valence-corrected chi connectivity index (χ3v) is 7.16. The highest BCUT2D eigenvalue weighted by molar-refractivity contribution is 7.11. The summed E-state index contributed by atoms with van der Waals surface area (Å²) in [4.78, 5) is 37.1. The first-order valence-corrected chi connectivity index (χ1v) is 11.8. The van der Waals surface area contributed by atoms with Gasteiger partial charge in [0.2, 0.25) is 5.91 Å². The molecule has 1 fully saturated rings. The number of nitrogens with zero attached hydrogens (tertiary/aromatic N) is 1. The molecule has 1 heterocycles. The number of aromatic carboxylic acids is 1. The molecule has 0 aliphatic heterocycles. The Bertz CT molecular complexity index is 1240. The summed E-state index contributed by atoms with van der Waals surface area (Å²) in [5.74, 6) is -1.72. The molecular weight excluding hydrogens is 454 g/mol. The van der Waals surface area contributed by atoms with Crippen LogP contribution in [0.1, 0.15) is 45.9 Å². The largest absolute Gasteiger partial charge is 0.478 e. The van der Waals surface area contributed by atoms with Crippen LogP contribution in [-0.4, -0.2) is 40.1 Å². The summed E-state index contributed by atoms with van der Waals surface area (Å²) in [5.41, 5.74) is 4.78. The van der Waals surface area contributed by atoms with Crippen LogP contribution in [0.15, 0.2) is 48.5 Å². The number of fused-ring (bicyclic) bond motifs is 3. The van der Waals surface area contributed by atoms with Gasteiger partial charge in [0.1, 0.15) is 23.2 Å². The van der Waals surface area contributed by atoms with E-state index in [1.807, 2.05) is 36.4 Å². The Labute approximate surface area is 200 Å². The number of ether oxygens (including phenoxy) is 1. The molecule has 8 nitrogen and oxygen atoms in total. The number of aromatic nitrogens is 1. The normalized spacial score (nSPS) is 15.2. The molecule has 2 aliphatic rings. The minimum atomic E-state index is -1.16. The van der Waals surface area contributed by atoms with Gasteiger partial charge in [-0.25, -0.2) is 9.59 Å². The highest BCUT2D eigenvalue weighted by Crippen LogP contribution is 2.44. The molecule has 0 bridgehead atoms. The van der Waals surface area contributed by atoms with Gasteiger partial charge in [0.15, 0.2) is 0 Å². The molecule has 9 heteroatoms. The van der Waals surface area contributed by atoms with Crippen molar-refractivity contribution in [2.45, 2.75) is 31.7 Å². The van der Waals surface area contributed by atoms with Crippen LogP contribution in [0, 0.1) is 12.8 Å². The number of carboxylic acids is 1. The third kappa shape index (κ3) is 4.14. The number of aryl methyl sites for hydroxylation is 1. The first-order chi connectivity index (χ1) is 16.4. The molecular formula is C25H23N3O5S. The molecule has 174 valence electrons. The topological polar surface area (TPSA) is 118 Å². The first kappa shape index (κ1) is 22.1. The Kier molecular flexibility index (Phi) is 5.79. The van der Waals surface area contributed by atoms with Crippen molar-refractivity contribution < 1.29 is 24.2 Å². The quantitative estimate of drug-likeness (QED) is 0.464. The number of hydrogen-bond acceptors (Lipinski definition) is 6. The van der Waals surface area contributed by atoms with Crippen LogP contribution < -0.4 is 10.6 Å². The minimum absolute atomic E-state index is 0.0113. The van der Waals surface area contributed by atoms with E-state index in [1.54, 1.807) is 6.92 Å². The number of alkyl carbamates (subject to hydrolysis) is 1. The lowest BCUT2D eigenvalue weighted by atomic mass is 9.98. The van der Waals surface area contributed by atoms with Gasteiger partial charge in [0, 0.05) is 5.92 Å². The van der Waals surface area contributed by atoms with E-state index in [2.05, 4.69) is 27.1 Å². The van der Waals surface area contributed by atoms with E-state index in [-0.39, 0.29) is 29.0 Å². The molecule has 1 atom stereocenters. The van der Waals surface area contributed by atoms with Gasteiger partial charge in [-0.1, -0.05) is 48.5 Å². The number of carbonyl (C=O) groups excluding carboxylic acids is 2. The van der Waals surface area contributed by atoms with Crippen molar-refractivity contribution >= 4 is 34.5 Å². The van der Waals surface area contributed by atoms with E-state index in [0.29, 0.717) is 5.69 Å². The smallest absolute Gasteiger partial charge is 0.407 e. The van der Waals surface area contributed by atoms with E-state index < -0.39 is 24.0 Å². The maximum atomic E-state index is 12.9. The van der Waals surface area contributed by atoms with Gasteiger partial charge in [-0.05, 0) is 59.5 Å². The number of nitrogens with one attached hydrogen (secondary N) is 2. The van der Waals surface area contributed by atoms with Crippen LogP contribution in [0.3, 0.4) is 0 Å². The number of hydrogen-bond donors (Lipinski definition) is 3. The standard InChI is InChI=1S/C25H23N3O5S/c1-13-20(24(30)31)23(34-28-13)27-22(29)21(14-10-11-14)26-25(32)33-12-19-17-8-4-2-6-15(17)16-7-3-5-9-18(16)19/h2-9,14,19,21H,10-12H2,1H3,(H,26,32)(H,27,29)(H,30,31). The fourth-order valence-corrected chi connectivity index (χ4v) is 5.28. The van der Waals surface area contributed by atoms with Crippen molar-refractivity contribution in [1.82, 2.24) is 9.69 Å². The number of benzene rings is 2. The van der Waals surface area contributed by atoms with Crippen molar-refractivity contribution in [3.05, 3.63) is 70.9 Å². The lowest BCUT2D eigenvalue weighted by Gasteiger charge is -2.19. The van der Waals surface area contributed by atoms with E-state index in [0.717, 1.165) is 46.6 Å². The molecule has 3 N–H and O–H groups in total. The zero-order chi connectivity index (χ0) is 23.8. The van der Waals surface area contributed by atoms with Crippen LogP contribution in [0.25, 0.3) is 11.1 Å². The van der Waals surface area contributed by atoms with Crippen LogP contribution in [-0.2, 0) is 9.53 Å². The van der Waals surface area contributed by atoms with E-state index in [4.69, 9.17) is 4.74 Å². The molecule has 2 aliphatic carbocycles. The summed E-state index contributed by atoms with van der Waals surface area (Å²) in [6.45, 7) is 1.72. The SMILES string of the molecule is Cc1nsc(NC(=O)C(NC(=O)OCC2c3ccccc3-c3ccccc32)C2CC2)c1C(=O)O. The van der Waals surface area contributed by atoms with Crippen molar-refractivity contribution in [3.63, 3.8) is 0 Å². The Hall–Kier alpha value is -3.72. The predicted octanol–water partition coefficient (Wildman–Crippen LogP) is 4.41. The van der Waals surface area contributed by atoms with Crippen LogP contribution in [0.4, 0.5) is 9.80 Å². The lowest BCUT2D eigenvalue weighted by molar-refractivity contribution is -0.118.